The average Bonchev–Trinajstić information content (AvgIpc) is 3.65. The van der Waals surface area contributed by atoms with Crippen LogP contribution in [0.15, 0.2) is 24.3 Å². The molecule has 2 aliphatic carbocycles. The van der Waals surface area contributed by atoms with Gasteiger partial charge in [0, 0.05) is 24.1 Å². The van der Waals surface area contributed by atoms with Gasteiger partial charge in [-0.15, -0.1) is 0 Å². The molecule has 0 spiro atoms. The molecule has 1 N–H and O–H groups in total. The second kappa shape index (κ2) is 14.4. The summed E-state index contributed by atoms with van der Waals surface area (Å²) in [4.78, 5) is 25.9. The number of rotatable bonds is 7. The van der Waals surface area contributed by atoms with Gasteiger partial charge in [-0.1, -0.05) is 52.7 Å². The third-order valence-electron chi connectivity index (χ3n) is 6.50. The van der Waals surface area contributed by atoms with E-state index >= 15 is 0 Å². The molecule has 194 valence electrons. The Morgan fingerprint density at radius 1 is 0.941 bits per heavy atom. The van der Waals surface area contributed by atoms with E-state index in [1.54, 1.807) is 0 Å². The third kappa shape index (κ3) is 9.30. The lowest BCUT2D eigenvalue weighted by Gasteiger charge is -2.37. The number of hydrogen-bond donors (Lipinski definition) is 1. The van der Waals surface area contributed by atoms with Crippen LogP contribution in [-0.2, 0) is 4.79 Å². The van der Waals surface area contributed by atoms with Crippen LogP contribution in [0.1, 0.15) is 114 Å². The molecule has 2 saturated carbocycles. The van der Waals surface area contributed by atoms with Crippen molar-refractivity contribution in [2.75, 3.05) is 0 Å². The molecule has 0 radical (unpaired) electrons. The standard InChI is InChI=1S/C21H26F3NO3.C4H10.C2H6/c1-13(21(22,23)24)15-4-6-16(7-5-15)20(28)25(18-10-11-18)17-8-2-14(3-9-17)12-19(26)27;1-3-4-2;1-2/h4-7,13-14,17-18H,2-3,8-12H2,1H3,(H,26,27);3-4H2,1-2H3;1-2H3. The fourth-order valence-corrected chi connectivity index (χ4v) is 4.11. The number of unbranched alkanes of at least 4 members (excludes halogenated alkanes) is 1. The second-order valence-corrected chi connectivity index (χ2v) is 9.10. The van der Waals surface area contributed by atoms with Crippen molar-refractivity contribution in [1.82, 2.24) is 4.90 Å². The first kappa shape index (κ1) is 30.0. The van der Waals surface area contributed by atoms with E-state index in [1.807, 2.05) is 18.7 Å². The first-order valence-electron chi connectivity index (χ1n) is 12.8. The van der Waals surface area contributed by atoms with Gasteiger partial charge in [-0.05, 0) is 69.1 Å². The van der Waals surface area contributed by atoms with E-state index in [0.717, 1.165) is 45.4 Å². The second-order valence-electron chi connectivity index (χ2n) is 9.10. The summed E-state index contributed by atoms with van der Waals surface area (Å²) in [7, 11) is 0. The number of carbonyl (C=O) groups excluding carboxylic acids is 1. The van der Waals surface area contributed by atoms with Gasteiger partial charge in [0.2, 0.25) is 0 Å². The summed E-state index contributed by atoms with van der Waals surface area (Å²) in [5.41, 5.74) is 0.564. The summed E-state index contributed by atoms with van der Waals surface area (Å²) in [6.07, 6.45) is 3.54. The molecular formula is C27H42F3NO3. The van der Waals surface area contributed by atoms with E-state index in [1.165, 1.54) is 37.1 Å². The van der Waals surface area contributed by atoms with Crippen molar-refractivity contribution in [2.45, 2.75) is 117 Å². The number of carboxylic acids is 1. The molecule has 1 atom stereocenters. The van der Waals surface area contributed by atoms with Crippen LogP contribution in [0.3, 0.4) is 0 Å². The van der Waals surface area contributed by atoms with Gasteiger partial charge >= 0.3 is 12.1 Å². The molecule has 7 heteroatoms. The van der Waals surface area contributed by atoms with Crippen LogP contribution in [0.25, 0.3) is 0 Å². The largest absolute Gasteiger partial charge is 0.481 e. The predicted octanol–water partition coefficient (Wildman–Crippen LogP) is 7.82. The Bertz CT molecular complexity index is 734. The molecule has 4 nitrogen and oxygen atoms in total. The van der Waals surface area contributed by atoms with Crippen molar-refractivity contribution >= 4 is 11.9 Å². The number of benzene rings is 1. The lowest BCUT2D eigenvalue weighted by atomic mass is 9.83. The fraction of sp³-hybridized carbons (Fsp3) is 0.704. The van der Waals surface area contributed by atoms with E-state index in [2.05, 4.69) is 13.8 Å². The minimum atomic E-state index is -4.31. The van der Waals surface area contributed by atoms with Gasteiger partial charge in [0.25, 0.3) is 5.91 Å². The number of carbonyl (C=O) groups is 2. The Morgan fingerprint density at radius 3 is 1.74 bits per heavy atom. The molecule has 1 aromatic carbocycles. The molecule has 0 heterocycles. The molecular weight excluding hydrogens is 443 g/mol. The van der Waals surface area contributed by atoms with Crippen molar-refractivity contribution in [1.29, 1.82) is 0 Å². The summed E-state index contributed by atoms with van der Waals surface area (Å²) < 4.78 is 38.6. The minimum Gasteiger partial charge on any atom is -0.481 e. The number of hydrogen-bond acceptors (Lipinski definition) is 2. The first-order chi connectivity index (χ1) is 16.1. The Labute approximate surface area is 202 Å². The molecule has 0 bridgehead atoms. The van der Waals surface area contributed by atoms with E-state index in [9.17, 15) is 22.8 Å². The van der Waals surface area contributed by atoms with E-state index in [4.69, 9.17) is 5.11 Å². The number of nitrogens with zero attached hydrogens (tertiary/aromatic N) is 1. The molecule has 0 aliphatic heterocycles. The van der Waals surface area contributed by atoms with Gasteiger partial charge in [-0.25, -0.2) is 0 Å². The maximum atomic E-state index is 13.1. The lowest BCUT2D eigenvalue weighted by Crippen LogP contribution is -2.44. The number of carboxylic acid groups (broad SMARTS) is 1. The maximum absolute atomic E-state index is 13.1. The molecule has 0 aromatic heterocycles. The Kier molecular flexibility index (Phi) is 12.7. The molecule has 0 saturated heterocycles. The van der Waals surface area contributed by atoms with Crippen LogP contribution in [0, 0.1) is 5.92 Å². The van der Waals surface area contributed by atoms with Gasteiger partial charge in [0.1, 0.15) is 0 Å². The quantitative estimate of drug-likeness (QED) is 0.428. The van der Waals surface area contributed by atoms with Gasteiger partial charge in [-0.3, -0.25) is 9.59 Å². The first-order valence-corrected chi connectivity index (χ1v) is 12.8. The number of halogens is 3. The third-order valence-corrected chi connectivity index (χ3v) is 6.50. The Morgan fingerprint density at radius 2 is 1.38 bits per heavy atom. The van der Waals surface area contributed by atoms with Crippen LogP contribution in [0.4, 0.5) is 13.2 Å². The van der Waals surface area contributed by atoms with Gasteiger partial charge in [0.15, 0.2) is 0 Å². The zero-order valence-corrected chi connectivity index (χ0v) is 21.3. The molecule has 34 heavy (non-hydrogen) atoms. The highest BCUT2D eigenvalue weighted by atomic mass is 19.4. The predicted molar refractivity (Wildman–Crippen MR) is 130 cm³/mol. The average molecular weight is 486 g/mol. The number of alkyl halides is 3. The summed E-state index contributed by atoms with van der Waals surface area (Å²) in [6, 6.07) is 6.04. The van der Waals surface area contributed by atoms with E-state index in [0.29, 0.717) is 5.56 Å². The monoisotopic (exact) mass is 485 g/mol. The van der Waals surface area contributed by atoms with E-state index in [-0.39, 0.29) is 35.9 Å². The Balaban J connectivity index is 0.000000872. The van der Waals surface area contributed by atoms with Crippen LogP contribution in [0.5, 0.6) is 0 Å². The smallest absolute Gasteiger partial charge is 0.395 e. The molecule has 1 aromatic rings. The summed E-state index contributed by atoms with van der Waals surface area (Å²) in [5.74, 6) is -2.32. The fourth-order valence-electron chi connectivity index (χ4n) is 4.11. The lowest BCUT2D eigenvalue weighted by molar-refractivity contribution is -0.146. The van der Waals surface area contributed by atoms with Crippen molar-refractivity contribution < 1.29 is 27.9 Å². The highest BCUT2D eigenvalue weighted by Crippen LogP contribution is 2.38. The van der Waals surface area contributed by atoms with Crippen molar-refractivity contribution in [3.8, 4) is 0 Å². The molecule has 2 aliphatic rings. The van der Waals surface area contributed by atoms with Gasteiger partial charge in [-0.2, -0.15) is 13.2 Å². The summed E-state index contributed by atoms with van der Waals surface area (Å²) in [5, 5.41) is 8.95. The SMILES string of the molecule is CC.CC(c1ccc(C(=O)N(C2CCC(CC(=O)O)CC2)C2CC2)cc1)C(F)(F)F.CCCC. The summed E-state index contributed by atoms with van der Waals surface area (Å²) >= 11 is 0. The zero-order chi connectivity index (χ0) is 25.9. The Hall–Kier alpha value is -2.05. The van der Waals surface area contributed by atoms with Crippen molar-refractivity contribution in [2.24, 2.45) is 5.92 Å². The van der Waals surface area contributed by atoms with Gasteiger partial charge in [0.05, 0.1) is 5.92 Å². The summed E-state index contributed by atoms with van der Waals surface area (Å²) in [6.45, 7) is 9.48. The molecule has 3 rings (SSSR count). The van der Waals surface area contributed by atoms with Crippen LogP contribution < -0.4 is 0 Å². The highest BCUT2D eigenvalue weighted by molar-refractivity contribution is 5.95. The number of aliphatic carboxylic acids is 1. The van der Waals surface area contributed by atoms with Crippen LogP contribution in [0.2, 0.25) is 0 Å². The topological polar surface area (TPSA) is 57.6 Å². The normalized spacial score (nSPS) is 20.7. The van der Waals surface area contributed by atoms with Crippen LogP contribution >= 0.6 is 0 Å². The molecule has 2 fully saturated rings. The molecule has 1 amide bonds. The van der Waals surface area contributed by atoms with Crippen LogP contribution in [-0.4, -0.2) is 40.1 Å². The molecule has 1 unspecified atom stereocenters. The highest BCUT2D eigenvalue weighted by Gasteiger charge is 2.40. The van der Waals surface area contributed by atoms with Crippen molar-refractivity contribution in [3.63, 3.8) is 0 Å². The zero-order valence-electron chi connectivity index (χ0n) is 21.3. The maximum Gasteiger partial charge on any atom is 0.395 e. The number of amides is 1. The van der Waals surface area contributed by atoms with Crippen molar-refractivity contribution in [3.05, 3.63) is 35.4 Å². The van der Waals surface area contributed by atoms with E-state index < -0.39 is 18.1 Å². The minimum absolute atomic E-state index is 0.0822. The van der Waals surface area contributed by atoms with Gasteiger partial charge < -0.3 is 10.0 Å².